The van der Waals surface area contributed by atoms with Gasteiger partial charge in [-0.1, -0.05) is 11.8 Å². The summed E-state index contributed by atoms with van der Waals surface area (Å²) in [6, 6.07) is 14.2. The van der Waals surface area contributed by atoms with Crippen molar-refractivity contribution in [3.63, 3.8) is 0 Å². The minimum Gasteiger partial charge on any atom is -0.491 e. The zero-order valence-corrected chi connectivity index (χ0v) is 18.8. The van der Waals surface area contributed by atoms with Crippen molar-refractivity contribution in [1.82, 2.24) is 0 Å². The van der Waals surface area contributed by atoms with E-state index in [1.54, 1.807) is 11.8 Å². The lowest BCUT2D eigenvalue weighted by atomic mass is 10.3. The minimum absolute atomic E-state index is 0.187. The van der Waals surface area contributed by atoms with Crippen LogP contribution in [0.3, 0.4) is 0 Å². The Bertz CT molecular complexity index is 696. The van der Waals surface area contributed by atoms with Crippen LogP contribution in [0, 0.1) is 0 Å². The molecular formula is C18H17Br3O2S. The van der Waals surface area contributed by atoms with Gasteiger partial charge in [-0.25, -0.2) is 0 Å². The van der Waals surface area contributed by atoms with Crippen molar-refractivity contribution in [2.24, 2.45) is 0 Å². The molecule has 0 atom stereocenters. The van der Waals surface area contributed by atoms with Gasteiger partial charge in [0.2, 0.25) is 0 Å². The van der Waals surface area contributed by atoms with Gasteiger partial charge in [0.05, 0.1) is 14.0 Å². The van der Waals surface area contributed by atoms with Crippen LogP contribution in [0.2, 0.25) is 0 Å². The van der Waals surface area contributed by atoms with E-state index in [-0.39, 0.29) is 6.10 Å². The third-order valence-corrected chi connectivity index (χ3v) is 5.08. The molecule has 2 aromatic rings. The Labute approximate surface area is 172 Å². The predicted molar refractivity (Wildman–Crippen MR) is 112 cm³/mol. The second-order valence-electron chi connectivity index (χ2n) is 5.14. The van der Waals surface area contributed by atoms with Crippen molar-refractivity contribution in [1.29, 1.82) is 0 Å². The second kappa shape index (κ2) is 9.90. The Hall–Kier alpha value is -0.430. The van der Waals surface area contributed by atoms with E-state index in [1.807, 2.05) is 38.1 Å². The lowest BCUT2D eigenvalue weighted by Crippen LogP contribution is -2.04. The van der Waals surface area contributed by atoms with Crippen molar-refractivity contribution in [3.8, 4) is 11.5 Å². The third kappa shape index (κ3) is 6.82. The molecular weight excluding hydrogens is 520 g/mol. The van der Waals surface area contributed by atoms with Gasteiger partial charge >= 0.3 is 0 Å². The average Bonchev–Trinajstić information content (AvgIpc) is 2.50. The van der Waals surface area contributed by atoms with Crippen molar-refractivity contribution < 1.29 is 9.47 Å². The molecule has 6 heteroatoms. The summed E-state index contributed by atoms with van der Waals surface area (Å²) in [4.78, 5) is 2.31. The van der Waals surface area contributed by atoms with Crippen LogP contribution < -0.4 is 9.47 Å². The normalized spacial score (nSPS) is 10.6. The van der Waals surface area contributed by atoms with E-state index in [0.717, 1.165) is 29.2 Å². The number of ether oxygens (including phenoxy) is 2. The van der Waals surface area contributed by atoms with Gasteiger partial charge in [0.15, 0.2) is 0 Å². The average molecular weight is 537 g/mol. The number of rotatable bonds is 7. The van der Waals surface area contributed by atoms with Crippen molar-refractivity contribution >= 4 is 59.6 Å². The van der Waals surface area contributed by atoms with Crippen LogP contribution in [0.25, 0.3) is 0 Å². The first-order valence-electron chi connectivity index (χ1n) is 7.32. The SMILES string of the molecule is CC(C)Oc1ccc(Sc2ccc(OCC=C(Br)Br)c(Br)c2)cc1. The molecule has 0 saturated heterocycles. The van der Waals surface area contributed by atoms with Crippen LogP contribution in [0.15, 0.2) is 66.2 Å². The quantitative estimate of drug-likeness (QED) is 0.367. The summed E-state index contributed by atoms with van der Waals surface area (Å²) in [5, 5.41) is 0. The maximum Gasteiger partial charge on any atom is 0.134 e. The van der Waals surface area contributed by atoms with Gasteiger partial charge < -0.3 is 9.47 Å². The largest absolute Gasteiger partial charge is 0.491 e. The standard InChI is InChI=1S/C18H17Br3O2S/c1-12(2)23-13-3-5-14(6-4-13)24-15-7-8-17(16(19)11-15)22-10-9-18(20)21/h3-9,11-12H,10H2,1-2H3. The number of benzene rings is 2. The fourth-order valence-electron chi connectivity index (χ4n) is 1.85. The molecule has 0 aliphatic rings. The molecule has 0 aliphatic carbocycles. The first kappa shape index (κ1) is 19.9. The summed E-state index contributed by atoms with van der Waals surface area (Å²) in [7, 11) is 0. The Morgan fingerprint density at radius 1 is 1.08 bits per heavy atom. The minimum atomic E-state index is 0.187. The Morgan fingerprint density at radius 3 is 2.33 bits per heavy atom. The Kier molecular flexibility index (Phi) is 8.20. The van der Waals surface area contributed by atoms with Gasteiger partial charge in [-0.2, -0.15) is 0 Å². The molecule has 0 amide bonds. The molecule has 0 saturated carbocycles. The second-order valence-corrected chi connectivity index (χ2v) is 9.91. The van der Waals surface area contributed by atoms with Crippen LogP contribution in [-0.2, 0) is 0 Å². The zero-order valence-electron chi connectivity index (χ0n) is 13.3. The van der Waals surface area contributed by atoms with E-state index >= 15 is 0 Å². The van der Waals surface area contributed by atoms with Crippen LogP contribution >= 0.6 is 59.6 Å². The fraction of sp³-hybridized carbons (Fsp3) is 0.222. The fourth-order valence-corrected chi connectivity index (χ4v) is 3.62. The predicted octanol–water partition coefficient (Wildman–Crippen LogP) is 7.40. The van der Waals surface area contributed by atoms with Crippen molar-refractivity contribution in [2.45, 2.75) is 29.7 Å². The molecule has 128 valence electrons. The highest BCUT2D eigenvalue weighted by atomic mass is 79.9. The van der Waals surface area contributed by atoms with Gasteiger partial charge in [0, 0.05) is 9.79 Å². The number of halogens is 3. The van der Waals surface area contributed by atoms with Crippen LogP contribution in [0.1, 0.15) is 13.8 Å². The molecule has 0 heterocycles. The maximum atomic E-state index is 5.70. The molecule has 2 aromatic carbocycles. The van der Waals surface area contributed by atoms with Crippen LogP contribution in [0.5, 0.6) is 11.5 Å². The summed E-state index contributed by atoms with van der Waals surface area (Å²) >= 11 is 11.9. The van der Waals surface area contributed by atoms with E-state index in [2.05, 4.69) is 72.1 Å². The van der Waals surface area contributed by atoms with E-state index < -0.39 is 0 Å². The molecule has 0 radical (unpaired) electrons. The van der Waals surface area contributed by atoms with Gasteiger partial charge in [0.1, 0.15) is 18.1 Å². The van der Waals surface area contributed by atoms with Crippen molar-refractivity contribution in [3.05, 3.63) is 56.4 Å². The molecule has 0 aromatic heterocycles. The molecule has 0 fully saturated rings. The van der Waals surface area contributed by atoms with Crippen LogP contribution in [-0.4, -0.2) is 12.7 Å². The highest BCUT2D eigenvalue weighted by Crippen LogP contribution is 2.34. The lowest BCUT2D eigenvalue weighted by molar-refractivity contribution is 0.242. The Morgan fingerprint density at radius 2 is 1.75 bits per heavy atom. The van der Waals surface area contributed by atoms with E-state index in [4.69, 9.17) is 9.47 Å². The van der Waals surface area contributed by atoms with Gasteiger partial charge in [-0.05, 0) is 110 Å². The van der Waals surface area contributed by atoms with Gasteiger partial charge in [-0.15, -0.1) is 0 Å². The summed E-state index contributed by atoms with van der Waals surface area (Å²) in [5.41, 5.74) is 0. The zero-order chi connectivity index (χ0) is 17.5. The molecule has 0 unspecified atom stereocenters. The molecule has 0 bridgehead atoms. The number of hydrogen-bond acceptors (Lipinski definition) is 3. The summed E-state index contributed by atoms with van der Waals surface area (Å²) in [6.45, 7) is 4.54. The highest BCUT2D eigenvalue weighted by Gasteiger charge is 2.05. The van der Waals surface area contributed by atoms with Gasteiger partial charge in [-0.3, -0.25) is 0 Å². The highest BCUT2D eigenvalue weighted by molar-refractivity contribution is 9.28. The Balaban J connectivity index is 2.00. The van der Waals surface area contributed by atoms with Gasteiger partial charge in [0.25, 0.3) is 0 Å². The first-order chi connectivity index (χ1) is 11.4. The molecule has 2 nitrogen and oxygen atoms in total. The van der Waals surface area contributed by atoms with E-state index in [0.29, 0.717) is 6.61 Å². The monoisotopic (exact) mass is 534 g/mol. The molecule has 0 spiro atoms. The van der Waals surface area contributed by atoms with E-state index in [9.17, 15) is 0 Å². The first-order valence-corrected chi connectivity index (χ1v) is 10.5. The molecule has 24 heavy (non-hydrogen) atoms. The smallest absolute Gasteiger partial charge is 0.134 e. The summed E-state index contributed by atoms with van der Waals surface area (Å²) in [6.07, 6.45) is 2.09. The van der Waals surface area contributed by atoms with E-state index in [1.165, 1.54) is 0 Å². The third-order valence-electron chi connectivity index (χ3n) is 2.81. The summed E-state index contributed by atoms with van der Waals surface area (Å²) < 4.78 is 13.2. The maximum absolute atomic E-state index is 5.70. The topological polar surface area (TPSA) is 18.5 Å². The number of hydrogen-bond donors (Lipinski definition) is 0. The van der Waals surface area contributed by atoms with Crippen molar-refractivity contribution in [2.75, 3.05) is 6.61 Å². The molecule has 0 aliphatic heterocycles. The van der Waals surface area contributed by atoms with Crippen LogP contribution in [0.4, 0.5) is 0 Å². The molecule has 2 rings (SSSR count). The summed E-state index contributed by atoms with van der Waals surface area (Å²) in [5.74, 6) is 1.71. The molecule has 0 N–H and O–H groups in total. The lowest BCUT2D eigenvalue weighted by Gasteiger charge is -2.10.